The highest BCUT2D eigenvalue weighted by Gasteiger charge is 2.09. The van der Waals surface area contributed by atoms with E-state index in [9.17, 15) is 9.59 Å². The third-order valence-electron chi connectivity index (χ3n) is 3.43. The number of aromatic nitrogens is 1. The number of hydrogen-bond donors (Lipinski definition) is 1. The van der Waals surface area contributed by atoms with E-state index in [0.29, 0.717) is 22.5 Å². The van der Waals surface area contributed by atoms with Crippen molar-refractivity contribution in [2.75, 3.05) is 11.9 Å². The van der Waals surface area contributed by atoms with Crippen LogP contribution in [-0.2, 0) is 11.8 Å². The van der Waals surface area contributed by atoms with E-state index < -0.39 is 5.76 Å². The van der Waals surface area contributed by atoms with Crippen molar-refractivity contribution in [1.29, 1.82) is 0 Å². The van der Waals surface area contributed by atoms with Crippen LogP contribution in [0.4, 0.5) is 5.69 Å². The first-order valence-electron chi connectivity index (χ1n) is 7.12. The lowest BCUT2D eigenvalue weighted by molar-refractivity contribution is -0.118. The molecular formula is C17H16N2O4. The predicted octanol–water partition coefficient (Wildman–Crippen LogP) is 2.46. The fourth-order valence-electron chi connectivity index (χ4n) is 2.26. The Balaban J connectivity index is 1.68. The van der Waals surface area contributed by atoms with Crippen LogP contribution < -0.4 is 15.8 Å². The molecule has 0 aliphatic heterocycles. The van der Waals surface area contributed by atoms with Crippen molar-refractivity contribution in [1.82, 2.24) is 4.57 Å². The van der Waals surface area contributed by atoms with Gasteiger partial charge in [-0.1, -0.05) is 12.1 Å². The lowest BCUT2D eigenvalue weighted by Gasteiger charge is -2.08. The number of carbonyl (C=O) groups excluding carboxylic acids is 1. The number of nitrogens with one attached hydrogen (secondary N) is 1. The second-order valence-electron chi connectivity index (χ2n) is 5.26. The van der Waals surface area contributed by atoms with Crippen LogP contribution in [0, 0.1) is 6.92 Å². The molecule has 0 fully saturated rings. The van der Waals surface area contributed by atoms with Crippen molar-refractivity contribution in [2.45, 2.75) is 6.92 Å². The number of anilines is 1. The van der Waals surface area contributed by atoms with E-state index >= 15 is 0 Å². The fraction of sp³-hybridized carbons (Fsp3) is 0.176. The van der Waals surface area contributed by atoms with Crippen LogP contribution in [0.25, 0.3) is 11.1 Å². The predicted molar refractivity (Wildman–Crippen MR) is 86.8 cm³/mol. The topological polar surface area (TPSA) is 73.5 Å². The number of amides is 1. The molecule has 118 valence electrons. The molecule has 1 aromatic heterocycles. The van der Waals surface area contributed by atoms with Gasteiger partial charge in [0.1, 0.15) is 5.75 Å². The molecule has 0 unspecified atom stereocenters. The molecule has 0 atom stereocenters. The van der Waals surface area contributed by atoms with Crippen molar-refractivity contribution in [2.24, 2.45) is 7.05 Å². The molecule has 0 spiro atoms. The number of fused-ring (bicyclic) bond motifs is 1. The molecule has 23 heavy (non-hydrogen) atoms. The summed E-state index contributed by atoms with van der Waals surface area (Å²) in [5, 5.41) is 2.73. The van der Waals surface area contributed by atoms with Gasteiger partial charge in [-0.25, -0.2) is 4.79 Å². The summed E-state index contributed by atoms with van der Waals surface area (Å²) in [4.78, 5) is 23.4. The minimum absolute atomic E-state index is 0.0915. The van der Waals surface area contributed by atoms with Crippen LogP contribution in [0.3, 0.4) is 0 Å². The summed E-state index contributed by atoms with van der Waals surface area (Å²) in [7, 11) is 1.61. The Morgan fingerprint density at radius 3 is 2.87 bits per heavy atom. The van der Waals surface area contributed by atoms with Crippen molar-refractivity contribution in [3.8, 4) is 5.75 Å². The SMILES string of the molecule is Cc1cccc(OCC(=O)Nc2ccc3oc(=O)n(C)c3c2)c1. The summed E-state index contributed by atoms with van der Waals surface area (Å²) >= 11 is 0. The van der Waals surface area contributed by atoms with Crippen LogP contribution in [0.5, 0.6) is 5.75 Å². The largest absolute Gasteiger partial charge is 0.484 e. The van der Waals surface area contributed by atoms with Crippen LogP contribution >= 0.6 is 0 Å². The molecule has 0 radical (unpaired) electrons. The van der Waals surface area contributed by atoms with Gasteiger partial charge in [-0.15, -0.1) is 0 Å². The second kappa shape index (κ2) is 6.00. The van der Waals surface area contributed by atoms with E-state index in [1.807, 2.05) is 25.1 Å². The van der Waals surface area contributed by atoms with E-state index in [-0.39, 0.29) is 12.5 Å². The highest BCUT2D eigenvalue weighted by atomic mass is 16.5. The first-order valence-corrected chi connectivity index (χ1v) is 7.12. The highest BCUT2D eigenvalue weighted by Crippen LogP contribution is 2.18. The molecule has 1 heterocycles. The number of carbonyl (C=O) groups is 1. The van der Waals surface area contributed by atoms with Gasteiger partial charge < -0.3 is 14.5 Å². The van der Waals surface area contributed by atoms with Crippen LogP contribution in [0.2, 0.25) is 0 Å². The molecule has 0 aliphatic rings. The number of rotatable bonds is 4. The summed E-state index contributed by atoms with van der Waals surface area (Å²) in [5.41, 5.74) is 2.74. The normalized spacial score (nSPS) is 10.7. The number of oxazole rings is 1. The van der Waals surface area contributed by atoms with Crippen LogP contribution in [0.1, 0.15) is 5.56 Å². The summed E-state index contributed by atoms with van der Waals surface area (Å²) in [5.74, 6) is -0.0709. The fourth-order valence-corrected chi connectivity index (χ4v) is 2.26. The number of hydrogen-bond acceptors (Lipinski definition) is 4. The van der Waals surface area contributed by atoms with Gasteiger partial charge in [0, 0.05) is 12.7 Å². The minimum atomic E-state index is -0.439. The molecule has 0 saturated heterocycles. The molecule has 3 aromatic rings. The number of benzene rings is 2. The van der Waals surface area contributed by atoms with E-state index in [0.717, 1.165) is 5.56 Å². The van der Waals surface area contributed by atoms with Crippen LogP contribution in [-0.4, -0.2) is 17.1 Å². The Hall–Kier alpha value is -3.02. The Bertz CT molecular complexity index is 924. The molecule has 2 aromatic carbocycles. The maximum absolute atomic E-state index is 12.0. The van der Waals surface area contributed by atoms with Gasteiger partial charge >= 0.3 is 5.76 Å². The van der Waals surface area contributed by atoms with Gasteiger partial charge in [0.15, 0.2) is 12.2 Å². The average molecular weight is 312 g/mol. The Kier molecular flexibility index (Phi) is 3.89. The van der Waals surface area contributed by atoms with Crippen molar-refractivity contribution < 1.29 is 13.9 Å². The van der Waals surface area contributed by atoms with E-state index in [1.165, 1.54) is 4.57 Å². The van der Waals surface area contributed by atoms with E-state index in [1.54, 1.807) is 31.3 Å². The van der Waals surface area contributed by atoms with Gasteiger partial charge in [0.25, 0.3) is 5.91 Å². The maximum Gasteiger partial charge on any atom is 0.419 e. The second-order valence-corrected chi connectivity index (χ2v) is 5.26. The third kappa shape index (κ3) is 3.26. The van der Waals surface area contributed by atoms with E-state index in [2.05, 4.69) is 5.32 Å². The van der Waals surface area contributed by atoms with E-state index in [4.69, 9.17) is 9.15 Å². The van der Waals surface area contributed by atoms with Gasteiger partial charge in [-0.3, -0.25) is 9.36 Å². The quantitative estimate of drug-likeness (QED) is 0.803. The number of nitrogens with zero attached hydrogens (tertiary/aromatic N) is 1. The Labute approximate surface area is 132 Å². The first kappa shape index (κ1) is 14.9. The molecule has 0 aliphatic carbocycles. The molecule has 6 heteroatoms. The van der Waals surface area contributed by atoms with Gasteiger partial charge in [0.05, 0.1) is 5.52 Å². The smallest absolute Gasteiger partial charge is 0.419 e. The van der Waals surface area contributed by atoms with Crippen molar-refractivity contribution in [3.63, 3.8) is 0 Å². The zero-order valence-electron chi connectivity index (χ0n) is 12.8. The summed E-state index contributed by atoms with van der Waals surface area (Å²) in [6.07, 6.45) is 0. The summed E-state index contributed by atoms with van der Waals surface area (Å²) in [6.45, 7) is 1.86. The van der Waals surface area contributed by atoms with Crippen molar-refractivity contribution in [3.05, 3.63) is 58.6 Å². The standard InChI is InChI=1S/C17H16N2O4/c1-11-4-3-5-13(8-11)22-10-16(20)18-12-6-7-15-14(9-12)19(2)17(21)23-15/h3-9H,10H2,1-2H3,(H,18,20). The molecule has 1 amide bonds. The maximum atomic E-state index is 12.0. The first-order chi connectivity index (χ1) is 11.0. The molecule has 0 saturated carbocycles. The average Bonchev–Trinajstić information content (AvgIpc) is 2.80. The Morgan fingerprint density at radius 1 is 1.26 bits per heavy atom. The van der Waals surface area contributed by atoms with Crippen molar-refractivity contribution >= 4 is 22.7 Å². The molecular weight excluding hydrogens is 296 g/mol. The molecule has 3 rings (SSSR count). The van der Waals surface area contributed by atoms with Gasteiger partial charge in [0.2, 0.25) is 0 Å². The van der Waals surface area contributed by atoms with Gasteiger partial charge in [-0.05, 0) is 42.8 Å². The highest BCUT2D eigenvalue weighted by molar-refractivity contribution is 5.93. The molecule has 6 nitrogen and oxygen atoms in total. The zero-order valence-corrected chi connectivity index (χ0v) is 12.8. The third-order valence-corrected chi connectivity index (χ3v) is 3.43. The number of ether oxygens (including phenoxy) is 1. The minimum Gasteiger partial charge on any atom is -0.484 e. The lowest BCUT2D eigenvalue weighted by Crippen LogP contribution is -2.20. The monoisotopic (exact) mass is 312 g/mol. The summed E-state index contributed by atoms with van der Waals surface area (Å²) < 4.78 is 11.9. The van der Waals surface area contributed by atoms with Gasteiger partial charge in [-0.2, -0.15) is 0 Å². The van der Waals surface area contributed by atoms with Crippen LogP contribution in [0.15, 0.2) is 51.7 Å². The molecule has 0 bridgehead atoms. The Morgan fingerprint density at radius 2 is 2.09 bits per heavy atom. The lowest BCUT2D eigenvalue weighted by atomic mass is 10.2. The summed E-state index contributed by atoms with van der Waals surface area (Å²) in [6, 6.07) is 12.5. The molecule has 1 N–H and O–H groups in total. The number of aryl methyl sites for hydroxylation is 2. The zero-order chi connectivity index (χ0) is 16.4.